The van der Waals surface area contributed by atoms with Gasteiger partial charge in [0.2, 0.25) is 0 Å². The van der Waals surface area contributed by atoms with Gasteiger partial charge in [-0.1, -0.05) is 13.3 Å². The number of rotatable bonds is 1. The molecule has 1 aliphatic heterocycles. The van der Waals surface area contributed by atoms with Crippen LogP contribution in [0.25, 0.3) is 0 Å². The number of hydrogen-bond donors (Lipinski definition) is 1. The van der Waals surface area contributed by atoms with Crippen molar-refractivity contribution in [3.8, 4) is 11.5 Å². The summed E-state index contributed by atoms with van der Waals surface area (Å²) >= 11 is 0. The van der Waals surface area contributed by atoms with Crippen molar-refractivity contribution >= 4 is 0 Å². The molecule has 3 atom stereocenters. The Labute approximate surface area is 114 Å². The van der Waals surface area contributed by atoms with Gasteiger partial charge in [-0.15, -0.1) is 0 Å². The molecule has 0 aromatic heterocycles. The zero-order valence-electron chi connectivity index (χ0n) is 11.7. The number of hydrogen-bond acceptors (Lipinski definition) is 3. The van der Waals surface area contributed by atoms with Crippen LogP contribution < -0.4 is 9.47 Å². The topological polar surface area (TPSA) is 38.7 Å². The molecule has 3 nitrogen and oxygen atoms in total. The first kappa shape index (κ1) is 12.8. The normalized spacial score (nSPS) is 33.6. The molecule has 1 aromatic carbocycles. The smallest absolute Gasteiger partial charge is 0.126 e. The zero-order chi connectivity index (χ0) is 13.5. The molecule has 3 heteroatoms. The molecular formula is C16H22O3. The molecule has 3 rings (SSSR count). The lowest BCUT2D eigenvalue weighted by Crippen LogP contribution is -2.44. The highest BCUT2D eigenvalue weighted by atomic mass is 16.5. The van der Waals surface area contributed by atoms with E-state index in [-0.39, 0.29) is 5.60 Å². The second-order valence-electron chi connectivity index (χ2n) is 6.11. The number of aliphatic hydroxyl groups is 1. The van der Waals surface area contributed by atoms with Gasteiger partial charge in [0.05, 0.1) is 13.2 Å². The van der Waals surface area contributed by atoms with Gasteiger partial charge in [-0.3, -0.25) is 0 Å². The number of benzene rings is 1. The van der Waals surface area contributed by atoms with E-state index in [0.717, 1.165) is 29.9 Å². The molecule has 3 unspecified atom stereocenters. The van der Waals surface area contributed by atoms with Crippen molar-refractivity contribution in [2.75, 3.05) is 7.11 Å². The van der Waals surface area contributed by atoms with Crippen LogP contribution in [0.1, 0.15) is 50.7 Å². The van der Waals surface area contributed by atoms with Gasteiger partial charge in [0.15, 0.2) is 0 Å². The van der Waals surface area contributed by atoms with Gasteiger partial charge in [-0.05, 0) is 43.4 Å². The van der Waals surface area contributed by atoms with Crippen LogP contribution in [0.5, 0.6) is 11.5 Å². The first-order valence-electron chi connectivity index (χ1n) is 7.17. The van der Waals surface area contributed by atoms with Crippen molar-refractivity contribution in [2.45, 2.75) is 50.7 Å². The summed E-state index contributed by atoms with van der Waals surface area (Å²) in [4.78, 5) is 0. The van der Waals surface area contributed by atoms with Gasteiger partial charge in [0.1, 0.15) is 17.1 Å². The van der Waals surface area contributed by atoms with E-state index in [4.69, 9.17) is 9.47 Å². The minimum atomic E-state index is -0.441. The van der Waals surface area contributed by atoms with Crippen LogP contribution >= 0.6 is 0 Å². The predicted octanol–water partition coefficient (Wildman–Crippen LogP) is 3.46. The monoisotopic (exact) mass is 262 g/mol. The van der Waals surface area contributed by atoms with E-state index in [2.05, 4.69) is 6.92 Å². The fourth-order valence-corrected chi connectivity index (χ4v) is 3.63. The average molecular weight is 262 g/mol. The summed E-state index contributed by atoms with van der Waals surface area (Å²) in [6, 6.07) is 5.72. The molecule has 1 aliphatic carbocycles. The van der Waals surface area contributed by atoms with Crippen molar-refractivity contribution in [1.29, 1.82) is 0 Å². The van der Waals surface area contributed by atoms with Crippen LogP contribution in [-0.4, -0.2) is 17.8 Å². The largest absolute Gasteiger partial charge is 0.497 e. The van der Waals surface area contributed by atoms with Crippen molar-refractivity contribution < 1.29 is 14.6 Å². The van der Waals surface area contributed by atoms with Crippen LogP contribution in [0.2, 0.25) is 0 Å². The maximum atomic E-state index is 10.4. The SMILES string of the molecule is COc1ccc2c(c1)C(O)CC1(CCCC(C)C1)O2. The Morgan fingerprint density at radius 2 is 2.21 bits per heavy atom. The van der Waals surface area contributed by atoms with E-state index < -0.39 is 6.10 Å². The Balaban J connectivity index is 1.91. The van der Waals surface area contributed by atoms with Gasteiger partial charge < -0.3 is 14.6 Å². The van der Waals surface area contributed by atoms with Crippen LogP contribution in [-0.2, 0) is 0 Å². The van der Waals surface area contributed by atoms with E-state index >= 15 is 0 Å². The second-order valence-corrected chi connectivity index (χ2v) is 6.11. The van der Waals surface area contributed by atoms with Crippen LogP contribution in [0.15, 0.2) is 18.2 Å². The van der Waals surface area contributed by atoms with Crippen molar-refractivity contribution in [3.63, 3.8) is 0 Å². The van der Waals surface area contributed by atoms with E-state index in [1.165, 1.54) is 12.8 Å². The summed E-state index contributed by atoms with van der Waals surface area (Å²) < 4.78 is 11.5. The van der Waals surface area contributed by atoms with Gasteiger partial charge >= 0.3 is 0 Å². The summed E-state index contributed by atoms with van der Waals surface area (Å²) in [5.74, 6) is 2.28. The van der Waals surface area contributed by atoms with Crippen molar-refractivity contribution in [3.05, 3.63) is 23.8 Å². The van der Waals surface area contributed by atoms with E-state index in [1.54, 1.807) is 7.11 Å². The molecule has 1 spiro atoms. The molecule has 1 saturated carbocycles. The lowest BCUT2D eigenvalue weighted by molar-refractivity contribution is -0.0496. The summed E-state index contributed by atoms with van der Waals surface area (Å²) in [7, 11) is 1.64. The lowest BCUT2D eigenvalue weighted by atomic mass is 9.74. The number of ether oxygens (including phenoxy) is 2. The van der Waals surface area contributed by atoms with Gasteiger partial charge in [-0.25, -0.2) is 0 Å². The third kappa shape index (κ3) is 2.32. The molecule has 19 heavy (non-hydrogen) atoms. The Morgan fingerprint density at radius 1 is 1.37 bits per heavy atom. The summed E-state index contributed by atoms with van der Waals surface area (Å²) in [5, 5.41) is 10.4. The zero-order valence-corrected chi connectivity index (χ0v) is 11.7. The first-order valence-corrected chi connectivity index (χ1v) is 7.17. The average Bonchev–Trinajstić information content (AvgIpc) is 2.38. The Bertz CT molecular complexity index is 471. The molecule has 0 radical (unpaired) electrons. The molecule has 0 bridgehead atoms. The predicted molar refractivity (Wildman–Crippen MR) is 73.6 cm³/mol. The van der Waals surface area contributed by atoms with Gasteiger partial charge in [-0.2, -0.15) is 0 Å². The maximum absolute atomic E-state index is 10.4. The highest BCUT2D eigenvalue weighted by molar-refractivity contribution is 5.43. The summed E-state index contributed by atoms with van der Waals surface area (Å²) in [6.07, 6.45) is 4.84. The summed E-state index contributed by atoms with van der Waals surface area (Å²) in [5.41, 5.74) is 0.710. The van der Waals surface area contributed by atoms with Crippen molar-refractivity contribution in [1.82, 2.24) is 0 Å². The summed E-state index contributed by atoms with van der Waals surface area (Å²) in [6.45, 7) is 2.28. The molecule has 104 valence electrons. The third-order valence-electron chi connectivity index (χ3n) is 4.52. The fourth-order valence-electron chi connectivity index (χ4n) is 3.63. The van der Waals surface area contributed by atoms with Gasteiger partial charge in [0.25, 0.3) is 0 Å². The minimum absolute atomic E-state index is 0.154. The number of methoxy groups -OCH3 is 1. The van der Waals surface area contributed by atoms with E-state index in [0.29, 0.717) is 12.3 Å². The van der Waals surface area contributed by atoms with Crippen LogP contribution in [0.3, 0.4) is 0 Å². The third-order valence-corrected chi connectivity index (χ3v) is 4.52. The molecular weight excluding hydrogens is 240 g/mol. The highest BCUT2D eigenvalue weighted by Gasteiger charge is 2.43. The first-order chi connectivity index (χ1) is 9.12. The molecule has 1 fully saturated rings. The molecule has 2 aliphatic rings. The number of fused-ring (bicyclic) bond motifs is 1. The molecule has 1 aromatic rings. The molecule has 1 heterocycles. The number of aliphatic hydroxyl groups excluding tert-OH is 1. The second kappa shape index (κ2) is 4.71. The Kier molecular flexibility index (Phi) is 3.17. The molecule has 0 saturated heterocycles. The molecule has 1 N–H and O–H groups in total. The quantitative estimate of drug-likeness (QED) is 0.842. The van der Waals surface area contributed by atoms with Crippen LogP contribution in [0.4, 0.5) is 0 Å². The van der Waals surface area contributed by atoms with E-state index in [1.807, 2.05) is 18.2 Å². The Morgan fingerprint density at radius 3 is 2.95 bits per heavy atom. The minimum Gasteiger partial charge on any atom is -0.497 e. The van der Waals surface area contributed by atoms with Crippen LogP contribution in [0, 0.1) is 5.92 Å². The maximum Gasteiger partial charge on any atom is 0.126 e. The van der Waals surface area contributed by atoms with E-state index in [9.17, 15) is 5.11 Å². The lowest BCUT2D eigenvalue weighted by Gasteiger charge is -2.45. The highest BCUT2D eigenvalue weighted by Crippen LogP contribution is 2.48. The standard InChI is InChI=1S/C16H22O3/c1-11-4-3-7-16(9-11)10-14(17)13-8-12(18-2)5-6-15(13)19-16/h5-6,8,11,14,17H,3-4,7,9-10H2,1-2H3. The molecule has 0 amide bonds. The van der Waals surface area contributed by atoms with Gasteiger partial charge in [0, 0.05) is 12.0 Å². The Hall–Kier alpha value is -1.22. The fraction of sp³-hybridized carbons (Fsp3) is 0.625. The van der Waals surface area contributed by atoms with Crippen molar-refractivity contribution in [2.24, 2.45) is 5.92 Å².